The molecule has 1 heterocycles. The Kier molecular flexibility index (Phi) is 3.46. The lowest BCUT2D eigenvalue weighted by Crippen LogP contribution is -1.90. The van der Waals surface area contributed by atoms with Crippen LogP contribution in [0.25, 0.3) is 22.8 Å². The lowest BCUT2D eigenvalue weighted by Gasteiger charge is -2.02. The maximum Gasteiger partial charge on any atom is 0.258 e. The molecule has 3 rings (SSSR count). The fraction of sp³-hybridized carbons (Fsp3) is 0.125. The Morgan fingerprint density at radius 3 is 2.40 bits per heavy atom. The van der Waals surface area contributed by atoms with Crippen LogP contribution in [0.5, 0.6) is 5.75 Å². The van der Waals surface area contributed by atoms with Gasteiger partial charge in [0.15, 0.2) is 0 Å². The van der Waals surface area contributed by atoms with Crippen LogP contribution in [0, 0.1) is 0 Å². The van der Waals surface area contributed by atoms with Crippen LogP contribution in [0.2, 0.25) is 0 Å². The molecular weight excluding hydrogens is 252 g/mol. The van der Waals surface area contributed by atoms with Gasteiger partial charge in [0.1, 0.15) is 5.75 Å². The van der Waals surface area contributed by atoms with E-state index in [4.69, 9.17) is 9.26 Å². The van der Waals surface area contributed by atoms with Gasteiger partial charge in [-0.25, -0.2) is 0 Å². The van der Waals surface area contributed by atoms with Crippen LogP contribution in [0.3, 0.4) is 0 Å². The molecule has 0 aliphatic rings. The molecule has 0 saturated carbocycles. The summed E-state index contributed by atoms with van der Waals surface area (Å²) < 4.78 is 10.7. The van der Waals surface area contributed by atoms with Crippen LogP contribution < -0.4 is 4.74 Å². The zero-order chi connectivity index (χ0) is 13.8. The molecule has 0 bridgehead atoms. The van der Waals surface area contributed by atoms with Crippen LogP contribution in [0.1, 0.15) is 6.92 Å². The maximum absolute atomic E-state index is 5.40. The summed E-state index contributed by atoms with van der Waals surface area (Å²) in [6.07, 6.45) is 0. The number of rotatable bonds is 4. The van der Waals surface area contributed by atoms with Crippen molar-refractivity contribution in [1.82, 2.24) is 10.1 Å². The van der Waals surface area contributed by atoms with Crippen LogP contribution in [-0.4, -0.2) is 16.7 Å². The predicted molar refractivity (Wildman–Crippen MR) is 76.3 cm³/mol. The van der Waals surface area contributed by atoms with Crippen molar-refractivity contribution in [3.63, 3.8) is 0 Å². The maximum atomic E-state index is 5.40. The van der Waals surface area contributed by atoms with Gasteiger partial charge in [0.2, 0.25) is 5.82 Å². The SMILES string of the molecule is CCOc1ccc(-c2nc(-c3ccccc3)no2)cc1. The monoisotopic (exact) mass is 266 g/mol. The Hall–Kier alpha value is -2.62. The number of ether oxygens (including phenoxy) is 1. The standard InChI is InChI=1S/C16H14N2O2/c1-2-19-14-10-8-13(9-11-14)16-17-15(18-20-16)12-6-4-3-5-7-12/h3-11H,2H2,1H3. The third-order valence-electron chi connectivity index (χ3n) is 2.87. The van der Waals surface area contributed by atoms with Gasteiger partial charge in [-0.1, -0.05) is 35.5 Å². The Labute approximate surface area is 117 Å². The summed E-state index contributed by atoms with van der Waals surface area (Å²) in [5.74, 6) is 1.93. The van der Waals surface area contributed by atoms with Crippen LogP contribution in [0.4, 0.5) is 0 Å². The fourth-order valence-corrected chi connectivity index (χ4v) is 1.91. The van der Waals surface area contributed by atoms with E-state index in [1.54, 1.807) is 0 Å². The average Bonchev–Trinajstić information content (AvgIpc) is 2.99. The van der Waals surface area contributed by atoms with E-state index in [2.05, 4.69) is 10.1 Å². The van der Waals surface area contributed by atoms with E-state index in [1.807, 2.05) is 61.5 Å². The normalized spacial score (nSPS) is 10.4. The number of benzene rings is 2. The molecule has 0 fully saturated rings. The topological polar surface area (TPSA) is 48.2 Å². The van der Waals surface area contributed by atoms with Crippen molar-refractivity contribution in [2.45, 2.75) is 6.92 Å². The van der Waals surface area contributed by atoms with Gasteiger partial charge in [-0.05, 0) is 31.2 Å². The third kappa shape index (κ3) is 2.54. The molecule has 0 saturated heterocycles. The van der Waals surface area contributed by atoms with E-state index < -0.39 is 0 Å². The minimum atomic E-state index is 0.506. The lowest BCUT2D eigenvalue weighted by atomic mass is 10.2. The molecule has 100 valence electrons. The summed E-state index contributed by atoms with van der Waals surface area (Å²) in [7, 11) is 0. The number of hydrogen-bond acceptors (Lipinski definition) is 4. The first kappa shape index (κ1) is 12.4. The quantitative estimate of drug-likeness (QED) is 0.720. The van der Waals surface area contributed by atoms with Crippen molar-refractivity contribution in [2.24, 2.45) is 0 Å². The highest BCUT2D eigenvalue weighted by molar-refractivity contribution is 5.60. The van der Waals surface area contributed by atoms with Crippen molar-refractivity contribution in [1.29, 1.82) is 0 Å². The minimum Gasteiger partial charge on any atom is -0.494 e. The van der Waals surface area contributed by atoms with Crippen LogP contribution >= 0.6 is 0 Å². The first-order chi connectivity index (χ1) is 9.86. The lowest BCUT2D eigenvalue weighted by molar-refractivity contribution is 0.340. The van der Waals surface area contributed by atoms with E-state index in [9.17, 15) is 0 Å². The molecule has 0 aliphatic heterocycles. The first-order valence-electron chi connectivity index (χ1n) is 6.49. The van der Waals surface area contributed by atoms with Gasteiger partial charge in [-0.15, -0.1) is 0 Å². The van der Waals surface area contributed by atoms with Gasteiger partial charge in [0.05, 0.1) is 6.61 Å². The highest BCUT2D eigenvalue weighted by Gasteiger charge is 2.10. The second-order valence-electron chi connectivity index (χ2n) is 4.25. The minimum absolute atomic E-state index is 0.506. The number of aromatic nitrogens is 2. The highest BCUT2D eigenvalue weighted by atomic mass is 16.5. The smallest absolute Gasteiger partial charge is 0.258 e. The van der Waals surface area contributed by atoms with Crippen molar-refractivity contribution >= 4 is 0 Å². The van der Waals surface area contributed by atoms with Crippen molar-refractivity contribution in [2.75, 3.05) is 6.61 Å². The van der Waals surface area contributed by atoms with Crippen LogP contribution in [-0.2, 0) is 0 Å². The zero-order valence-electron chi connectivity index (χ0n) is 11.1. The summed E-state index contributed by atoms with van der Waals surface area (Å²) >= 11 is 0. The predicted octanol–water partition coefficient (Wildman–Crippen LogP) is 3.80. The van der Waals surface area contributed by atoms with E-state index in [0.717, 1.165) is 16.9 Å². The van der Waals surface area contributed by atoms with E-state index in [1.165, 1.54) is 0 Å². The Morgan fingerprint density at radius 2 is 1.70 bits per heavy atom. The Balaban J connectivity index is 1.86. The van der Waals surface area contributed by atoms with Crippen molar-refractivity contribution in [3.05, 3.63) is 54.6 Å². The summed E-state index contributed by atoms with van der Waals surface area (Å²) in [4.78, 5) is 4.41. The zero-order valence-corrected chi connectivity index (χ0v) is 11.1. The summed E-state index contributed by atoms with van der Waals surface area (Å²) in [5.41, 5.74) is 1.82. The number of nitrogens with zero attached hydrogens (tertiary/aromatic N) is 2. The average molecular weight is 266 g/mol. The van der Waals surface area contributed by atoms with Gasteiger partial charge < -0.3 is 9.26 Å². The molecule has 4 nitrogen and oxygen atoms in total. The molecule has 0 N–H and O–H groups in total. The fourth-order valence-electron chi connectivity index (χ4n) is 1.91. The highest BCUT2D eigenvalue weighted by Crippen LogP contribution is 2.23. The van der Waals surface area contributed by atoms with Gasteiger partial charge in [0.25, 0.3) is 5.89 Å². The largest absolute Gasteiger partial charge is 0.494 e. The van der Waals surface area contributed by atoms with E-state index in [-0.39, 0.29) is 0 Å². The molecule has 3 aromatic rings. The molecule has 0 radical (unpaired) electrons. The molecule has 0 spiro atoms. The van der Waals surface area contributed by atoms with Crippen molar-refractivity contribution in [3.8, 4) is 28.6 Å². The van der Waals surface area contributed by atoms with Crippen molar-refractivity contribution < 1.29 is 9.26 Å². The second-order valence-corrected chi connectivity index (χ2v) is 4.25. The molecule has 20 heavy (non-hydrogen) atoms. The number of hydrogen-bond donors (Lipinski definition) is 0. The Bertz CT molecular complexity index is 675. The third-order valence-corrected chi connectivity index (χ3v) is 2.87. The molecule has 4 heteroatoms. The summed E-state index contributed by atoms with van der Waals surface area (Å²) in [5, 5.41) is 4.00. The second kappa shape index (κ2) is 5.57. The van der Waals surface area contributed by atoms with Gasteiger partial charge >= 0.3 is 0 Å². The summed E-state index contributed by atoms with van der Waals surface area (Å²) in [6, 6.07) is 17.4. The molecule has 0 atom stereocenters. The molecule has 0 aliphatic carbocycles. The molecule has 2 aromatic carbocycles. The Morgan fingerprint density at radius 1 is 0.950 bits per heavy atom. The summed E-state index contributed by atoms with van der Waals surface area (Å²) in [6.45, 7) is 2.61. The molecule has 1 aromatic heterocycles. The molecule has 0 amide bonds. The first-order valence-corrected chi connectivity index (χ1v) is 6.49. The molecule has 0 unspecified atom stereocenters. The van der Waals surface area contributed by atoms with Gasteiger partial charge in [-0.3, -0.25) is 0 Å². The van der Waals surface area contributed by atoms with Gasteiger partial charge in [0, 0.05) is 11.1 Å². The van der Waals surface area contributed by atoms with Crippen LogP contribution in [0.15, 0.2) is 59.1 Å². The van der Waals surface area contributed by atoms with E-state index in [0.29, 0.717) is 18.3 Å². The van der Waals surface area contributed by atoms with Gasteiger partial charge in [-0.2, -0.15) is 4.98 Å². The molecular formula is C16H14N2O2. The van der Waals surface area contributed by atoms with E-state index >= 15 is 0 Å².